The van der Waals surface area contributed by atoms with Crippen molar-refractivity contribution in [2.24, 2.45) is 0 Å². The number of carbonyl (C=O) groups is 2. The van der Waals surface area contributed by atoms with E-state index in [0.29, 0.717) is 18.0 Å². The van der Waals surface area contributed by atoms with E-state index >= 15 is 0 Å². The summed E-state index contributed by atoms with van der Waals surface area (Å²) in [5.74, 6) is -0.109. The second-order valence-corrected chi connectivity index (χ2v) is 5.68. The lowest BCUT2D eigenvalue weighted by atomic mass is 10.0. The molecule has 2 saturated heterocycles. The van der Waals surface area contributed by atoms with E-state index in [1.807, 2.05) is 6.92 Å². The maximum absolute atomic E-state index is 12.4. The predicted molar refractivity (Wildman–Crippen MR) is 69.0 cm³/mol. The third-order valence-corrected chi connectivity index (χ3v) is 4.47. The summed E-state index contributed by atoms with van der Waals surface area (Å²) in [4.78, 5) is 30.3. The number of nitrogens with one attached hydrogen (secondary N) is 1. The predicted octanol–water partition coefficient (Wildman–Crippen LogP) is 0.181. The van der Waals surface area contributed by atoms with Crippen LogP contribution in [-0.4, -0.2) is 53.5 Å². The van der Waals surface area contributed by atoms with E-state index in [2.05, 4.69) is 10.3 Å². The van der Waals surface area contributed by atoms with Gasteiger partial charge in [0.15, 0.2) is 0 Å². The fourth-order valence-electron chi connectivity index (χ4n) is 2.54. The number of carbonyl (C=O) groups excluding carboxylic acids is 2. The molecule has 1 aromatic rings. The Balaban J connectivity index is 1.72. The number of morpholine rings is 1. The monoisotopic (exact) mass is 281 g/mol. The number of likely N-dealkylation sites (tertiary alicyclic amines) is 1. The summed E-state index contributed by atoms with van der Waals surface area (Å²) < 4.78 is 5.48. The molecule has 0 unspecified atom stereocenters. The standard InChI is InChI=1S/C12H15N3O3S/c1-7-11(19-6-13-7)12(17)15-3-2-9-8(4-15)14-10(16)5-18-9/h6,8-9H,2-5H2,1H3,(H,14,16)/t8-,9+/m0/s1. The van der Waals surface area contributed by atoms with Gasteiger partial charge >= 0.3 is 0 Å². The largest absolute Gasteiger partial charge is 0.366 e. The van der Waals surface area contributed by atoms with Crippen LogP contribution in [0, 0.1) is 6.92 Å². The van der Waals surface area contributed by atoms with Crippen LogP contribution in [0.2, 0.25) is 0 Å². The van der Waals surface area contributed by atoms with Gasteiger partial charge in [0.25, 0.3) is 5.91 Å². The summed E-state index contributed by atoms with van der Waals surface area (Å²) >= 11 is 1.36. The molecule has 0 aliphatic carbocycles. The van der Waals surface area contributed by atoms with Crippen molar-refractivity contribution in [3.63, 3.8) is 0 Å². The van der Waals surface area contributed by atoms with Gasteiger partial charge in [-0.15, -0.1) is 11.3 Å². The Kier molecular flexibility index (Phi) is 3.24. The number of thiazole rings is 1. The maximum Gasteiger partial charge on any atom is 0.265 e. The maximum atomic E-state index is 12.4. The lowest BCUT2D eigenvalue weighted by Gasteiger charge is -2.40. The van der Waals surface area contributed by atoms with Gasteiger partial charge in [0.05, 0.1) is 23.4 Å². The third-order valence-electron chi connectivity index (χ3n) is 3.55. The molecule has 19 heavy (non-hydrogen) atoms. The molecule has 3 heterocycles. The Morgan fingerprint density at radius 3 is 3.21 bits per heavy atom. The summed E-state index contributed by atoms with van der Waals surface area (Å²) in [5.41, 5.74) is 2.45. The second kappa shape index (κ2) is 4.90. The highest BCUT2D eigenvalue weighted by Crippen LogP contribution is 2.21. The molecule has 7 heteroatoms. The van der Waals surface area contributed by atoms with Crippen LogP contribution in [0.1, 0.15) is 21.8 Å². The zero-order chi connectivity index (χ0) is 13.4. The van der Waals surface area contributed by atoms with Gasteiger partial charge in [0, 0.05) is 13.1 Å². The molecule has 3 rings (SSSR count). The Labute approximate surface area is 114 Å². The number of hydrogen-bond donors (Lipinski definition) is 1. The molecule has 6 nitrogen and oxygen atoms in total. The molecule has 0 radical (unpaired) electrons. The number of piperidine rings is 1. The summed E-state index contributed by atoms with van der Waals surface area (Å²) in [5, 5.41) is 2.89. The lowest BCUT2D eigenvalue weighted by Crippen LogP contribution is -2.61. The third kappa shape index (κ3) is 2.35. The summed E-state index contributed by atoms with van der Waals surface area (Å²) in [6.45, 7) is 3.13. The molecule has 2 aliphatic heterocycles. The molecule has 2 aliphatic rings. The van der Waals surface area contributed by atoms with Gasteiger partial charge in [0.2, 0.25) is 5.91 Å². The molecule has 102 valence electrons. The average Bonchev–Trinajstić information content (AvgIpc) is 2.83. The lowest BCUT2D eigenvalue weighted by molar-refractivity contribution is -0.139. The first-order valence-electron chi connectivity index (χ1n) is 6.25. The fourth-order valence-corrected chi connectivity index (χ4v) is 3.30. The van der Waals surface area contributed by atoms with Crippen LogP contribution < -0.4 is 5.32 Å². The van der Waals surface area contributed by atoms with E-state index in [4.69, 9.17) is 4.74 Å². The minimum Gasteiger partial charge on any atom is -0.366 e. The van der Waals surface area contributed by atoms with Gasteiger partial charge in [-0.2, -0.15) is 0 Å². The van der Waals surface area contributed by atoms with Crippen LogP contribution in [-0.2, 0) is 9.53 Å². The Hall–Kier alpha value is -1.47. The van der Waals surface area contributed by atoms with Crippen molar-refractivity contribution in [1.82, 2.24) is 15.2 Å². The molecule has 2 amide bonds. The van der Waals surface area contributed by atoms with Crippen molar-refractivity contribution >= 4 is 23.2 Å². The topological polar surface area (TPSA) is 71.5 Å². The number of rotatable bonds is 1. The molecule has 0 spiro atoms. The zero-order valence-electron chi connectivity index (χ0n) is 10.6. The summed E-state index contributed by atoms with van der Waals surface area (Å²) in [6.07, 6.45) is 0.790. The first kappa shape index (κ1) is 12.6. The molecular weight excluding hydrogens is 266 g/mol. The van der Waals surface area contributed by atoms with Gasteiger partial charge in [-0.05, 0) is 13.3 Å². The highest BCUT2D eigenvalue weighted by Gasteiger charge is 2.36. The van der Waals surface area contributed by atoms with Crippen molar-refractivity contribution in [1.29, 1.82) is 0 Å². The molecule has 2 atom stereocenters. The van der Waals surface area contributed by atoms with E-state index in [-0.39, 0.29) is 30.6 Å². The average molecular weight is 281 g/mol. The normalized spacial score (nSPS) is 26.8. The number of aryl methyl sites for hydroxylation is 1. The molecule has 0 aromatic carbocycles. The number of nitrogens with zero attached hydrogens (tertiary/aromatic N) is 2. The number of fused-ring (bicyclic) bond motifs is 1. The van der Waals surface area contributed by atoms with Gasteiger partial charge in [-0.25, -0.2) is 4.98 Å². The minimum atomic E-state index is -0.107. The molecule has 2 fully saturated rings. The smallest absolute Gasteiger partial charge is 0.265 e. The van der Waals surface area contributed by atoms with Crippen LogP contribution in [0.25, 0.3) is 0 Å². The molecule has 1 N–H and O–H groups in total. The van der Waals surface area contributed by atoms with Gasteiger partial charge in [-0.3, -0.25) is 9.59 Å². The Morgan fingerprint density at radius 1 is 1.63 bits per heavy atom. The number of amides is 2. The highest BCUT2D eigenvalue weighted by molar-refractivity contribution is 7.11. The van der Waals surface area contributed by atoms with E-state index < -0.39 is 0 Å². The summed E-state index contributed by atoms with van der Waals surface area (Å²) in [6, 6.07) is -0.0906. The summed E-state index contributed by atoms with van der Waals surface area (Å²) in [7, 11) is 0. The van der Waals surface area contributed by atoms with E-state index in [1.54, 1.807) is 10.4 Å². The van der Waals surface area contributed by atoms with Crippen LogP contribution in [0.5, 0.6) is 0 Å². The first-order valence-corrected chi connectivity index (χ1v) is 7.13. The van der Waals surface area contributed by atoms with Crippen molar-refractivity contribution in [2.45, 2.75) is 25.5 Å². The van der Waals surface area contributed by atoms with Gasteiger partial charge in [0.1, 0.15) is 11.5 Å². The second-order valence-electron chi connectivity index (χ2n) is 4.83. The van der Waals surface area contributed by atoms with Crippen molar-refractivity contribution in [3.8, 4) is 0 Å². The van der Waals surface area contributed by atoms with E-state index in [1.165, 1.54) is 11.3 Å². The van der Waals surface area contributed by atoms with Crippen LogP contribution >= 0.6 is 11.3 Å². The molecule has 0 saturated carbocycles. The van der Waals surface area contributed by atoms with Crippen LogP contribution in [0.15, 0.2) is 5.51 Å². The number of hydrogen-bond acceptors (Lipinski definition) is 5. The SMILES string of the molecule is Cc1ncsc1C(=O)N1CC[C@H]2OCC(=O)N[C@H]2C1. The fraction of sp³-hybridized carbons (Fsp3) is 0.583. The van der Waals surface area contributed by atoms with E-state index in [9.17, 15) is 9.59 Å². The molecular formula is C12H15N3O3S. The van der Waals surface area contributed by atoms with Gasteiger partial charge in [-0.1, -0.05) is 0 Å². The molecule has 1 aromatic heterocycles. The van der Waals surface area contributed by atoms with Crippen molar-refractivity contribution in [3.05, 3.63) is 16.1 Å². The van der Waals surface area contributed by atoms with Crippen molar-refractivity contribution < 1.29 is 14.3 Å². The number of ether oxygens (including phenoxy) is 1. The minimum absolute atomic E-state index is 0.00160. The number of aromatic nitrogens is 1. The highest BCUT2D eigenvalue weighted by atomic mass is 32.1. The zero-order valence-corrected chi connectivity index (χ0v) is 11.4. The van der Waals surface area contributed by atoms with Gasteiger partial charge < -0.3 is 15.0 Å². The van der Waals surface area contributed by atoms with Crippen molar-refractivity contribution in [2.75, 3.05) is 19.7 Å². The molecule has 0 bridgehead atoms. The van der Waals surface area contributed by atoms with E-state index in [0.717, 1.165) is 12.1 Å². The van der Waals surface area contributed by atoms with Crippen LogP contribution in [0.4, 0.5) is 0 Å². The Morgan fingerprint density at radius 2 is 2.47 bits per heavy atom. The quantitative estimate of drug-likeness (QED) is 0.797. The van der Waals surface area contributed by atoms with Crippen LogP contribution in [0.3, 0.4) is 0 Å². The first-order chi connectivity index (χ1) is 9.15. The Bertz CT molecular complexity index is 516.